The molecular formula is C10H18O3. The van der Waals surface area contributed by atoms with Crippen LogP contribution >= 0.6 is 0 Å². The van der Waals surface area contributed by atoms with Gasteiger partial charge in [0.1, 0.15) is 6.10 Å². The molecule has 0 unspecified atom stereocenters. The second-order valence-corrected chi connectivity index (χ2v) is 3.89. The van der Waals surface area contributed by atoms with Crippen LogP contribution in [-0.4, -0.2) is 29.2 Å². The summed E-state index contributed by atoms with van der Waals surface area (Å²) in [6.45, 7) is 9.19. The van der Waals surface area contributed by atoms with Crippen LogP contribution in [0.15, 0.2) is 12.7 Å². The molecule has 0 spiro atoms. The van der Waals surface area contributed by atoms with Crippen molar-refractivity contribution in [2.45, 2.75) is 51.3 Å². The van der Waals surface area contributed by atoms with Crippen molar-refractivity contribution in [1.29, 1.82) is 0 Å². The minimum atomic E-state index is -0.605. The number of aliphatic hydroxyl groups is 1. The lowest BCUT2D eigenvalue weighted by Crippen LogP contribution is -2.52. The third-order valence-electron chi connectivity index (χ3n) is 2.17. The van der Waals surface area contributed by atoms with E-state index in [1.165, 1.54) is 0 Å². The Morgan fingerprint density at radius 2 is 2.08 bits per heavy atom. The number of hydrogen-bond donors (Lipinski definition) is 1. The summed E-state index contributed by atoms with van der Waals surface area (Å²) < 4.78 is 11.0. The van der Waals surface area contributed by atoms with Crippen molar-refractivity contribution in [2.75, 3.05) is 0 Å². The highest BCUT2D eigenvalue weighted by Gasteiger charge is 2.39. The van der Waals surface area contributed by atoms with Crippen LogP contribution in [-0.2, 0) is 9.47 Å². The molecule has 0 amide bonds. The fraction of sp³-hybridized carbons (Fsp3) is 0.800. The Kier molecular flexibility index (Phi) is 3.11. The summed E-state index contributed by atoms with van der Waals surface area (Å²) >= 11 is 0. The first-order valence-corrected chi connectivity index (χ1v) is 4.61. The summed E-state index contributed by atoms with van der Waals surface area (Å²) in [4.78, 5) is 0. The molecule has 1 fully saturated rings. The molecule has 0 radical (unpaired) electrons. The lowest BCUT2D eigenvalue weighted by molar-refractivity contribution is -0.327. The highest BCUT2D eigenvalue weighted by Crippen LogP contribution is 2.28. The van der Waals surface area contributed by atoms with Crippen LogP contribution in [0.25, 0.3) is 0 Å². The van der Waals surface area contributed by atoms with Crippen LogP contribution in [0, 0.1) is 0 Å². The summed E-state index contributed by atoms with van der Waals surface area (Å²) in [5.41, 5.74) is 0. The molecule has 76 valence electrons. The third kappa shape index (κ3) is 2.53. The minimum absolute atomic E-state index is 0.186. The average Bonchev–Trinajstić information content (AvgIpc) is 1.99. The van der Waals surface area contributed by atoms with E-state index < -0.39 is 11.9 Å². The topological polar surface area (TPSA) is 38.7 Å². The molecule has 0 aromatic carbocycles. The van der Waals surface area contributed by atoms with E-state index in [1.807, 2.05) is 20.8 Å². The van der Waals surface area contributed by atoms with Gasteiger partial charge in [0, 0.05) is 0 Å². The van der Waals surface area contributed by atoms with E-state index in [9.17, 15) is 5.11 Å². The van der Waals surface area contributed by atoms with E-state index in [1.54, 1.807) is 6.08 Å². The summed E-state index contributed by atoms with van der Waals surface area (Å²) in [6, 6.07) is 0. The molecule has 0 bridgehead atoms. The first-order chi connectivity index (χ1) is 5.96. The molecule has 3 nitrogen and oxygen atoms in total. The molecule has 3 atom stereocenters. The fourth-order valence-electron chi connectivity index (χ4n) is 1.63. The van der Waals surface area contributed by atoms with Gasteiger partial charge in [0.25, 0.3) is 0 Å². The lowest BCUT2D eigenvalue weighted by atomic mass is 10.0. The van der Waals surface area contributed by atoms with Gasteiger partial charge in [0.15, 0.2) is 5.79 Å². The van der Waals surface area contributed by atoms with E-state index in [0.29, 0.717) is 6.42 Å². The van der Waals surface area contributed by atoms with Crippen LogP contribution in [0.2, 0.25) is 0 Å². The Morgan fingerprint density at radius 3 is 2.62 bits per heavy atom. The molecule has 1 saturated heterocycles. The molecule has 1 heterocycles. The molecule has 13 heavy (non-hydrogen) atoms. The second kappa shape index (κ2) is 3.78. The van der Waals surface area contributed by atoms with Crippen molar-refractivity contribution in [3.63, 3.8) is 0 Å². The third-order valence-corrected chi connectivity index (χ3v) is 2.17. The predicted octanol–water partition coefficient (Wildman–Crippen LogP) is 1.46. The Morgan fingerprint density at radius 1 is 1.46 bits per heavy atom. The molecule has 0 aliphatic carbocycles. The lowest BCUT2D eigenvalue weighted by Gasteiger charge is -2.42. The number of hydrogen-bond acceptors (Lipinski definition) is 3. The maximum atomic E-state index is 9.70. The molecule has 0 aromatic rings. The quantitative estimate of drug-likeness (QED) is 0.664. The summed E-state index contributed by atoms with van der Waals surface area (Å²) in [5.74, 6) is -0.605. The predicted molar refractivity (Wildman–Crippen MR) is 50.3 cm³/mol. The van der Waals surface area contributed by atoms with E-state index >= 15 is 0 Å². The Hall–Kier alpha value is -0.380. The van der Waals surface area contributed by atoms with E-state index in [4.69, 9.17) is 9.47 Å². The van der Waals surface area contributed by atoms with Gasteiger partial charge in [0.2, 0.25) is 0 Å². The van der Waals surface area contributed by atoms with Crippen molar-refractivity contribution in [3.05, 3.63) is 12.7 Å². The van der Waals surface area contributed by atoms with Crippen molar-refractivity contribution in [2.24, 2.45) is 0 Å². The zero-order chi connectivity index (χ0) is 10.1. The summed E-state index contributed by atoms with van der Waals surface area (Å²) in [6.07, 6.45) is 1.45. The molecule has 1 aliphatic rings. The van der Waals surface area contributed by atoms with Crippen LogP contribution in [0.1, 0.15) is 27.2 Å². The Balaban J connectivity index is 2.66. The highest BCUT2D eigenvalue weighted by molar-refractivity contribution is 4.87. The summed E-state index contributed by atoms with van der Waals surface area (Å²) in [7, 11) is 0. The minimum Gasteiger partial charge on any atom is -0.388 e. The smallest absolute Gasteiger partial charge is 0.163 e. The van der Waals surface area contributed by atoms with Gasteiger partial charge in [-0.2, -0.15) is 0 Å². The van der Waals surface area contributed by atoms with Crippen molar-refractivity contribution in [1.82, 2.24) is 0 Å². The number of ether oxygens (including phenoxy) is 2. The zero-order valence-electron chi connectivity index (χ0n) is 8.49. The van der Waals surface area contributed by atoms with Gasteiger partial charge in [-0.1, -0.05) is 6.08 Å². The van der Waals surface area contributed by atoms with Gasteiger partial charge >= 0.3 is 0 Å². The molecule has 0 aromatic heterocycles. The molecule has 1 rings (SSSR count). The van der Waals surface area contributed by atoms with Crippen LogP contribution in [0.4, 0.5) is 0 Å². The first kappa shape index (κ1) is 10.7. The van der Waals surface area contributed by atoms with Gasteiger partial charge in [-0.3, -0.25) is 0 Å². The van der Waals surface area contributed by atoms with Gasteiger partial charge in [-0.25, -0.2) is 0 Å². The SMILES string of the molecule is C=CC[C@H]1OC(C)(C)O[C@H](C)[C@H]1O. The first-order valence-electron chi connectivity index (χ1n) is 4.61. The Bertz CT molecular complexity index is 189. The van der Waals surface area contributed by atoms with Gasteiger partial charge in [-0.15, -0.1) is 6.58 Å². The number of rotatable bonds is 2. The largest absolute Gasteiger partial charge is 0.388 e. The second-order valence-electron chi connectivity index (χ2n) is 3.89. The maximum absolute atomic E-state index is 9.70. The molecule has 0 saturated carbocycles. The fourth-order valence-corrected chi connectivity index (χ4v) is 1.63. The highest BCUT2D eigenvalue weighted by atomic mass is 16.7. The van der Waals surface area contributed by atoms with Crippen LogP contribution in [0.3, 0.4) is 0 Å². The van der Waals surface area contributed by atoms with E-state index in [-0.39, 0.29) is 12.2 Å². The molecule has 1 N–H and O–H groups in total. The van der Waals surface area contributed by atoms with E-state index in [2.05, 4.69) is 6.58 Å². The Labute approximate surface area is 79.3 Å². The van der Waals surface area contributed by atoms with Crippen molar-refractivity contribution in [3.8, 4) is 0 Å². The van der Waals surface area contributed by atoms with Gasteiger partial charge in [-0.05, 0) is 27.2 Å². The average molecular weight is 186 g/mol. The van der Waals surface area contributed by atoms with Crippen LogP contribution in [0.5, 0.6) is 0 Å². The van der Waals surface area contributed by atoms with Crippen LogP contribution < -0.4 is 0 Å². The van der Waals surface area contributed by atoms with E-state index in [0.717, 1.165) is 0 Å². The number of aliphatic hydroxyl groups excluding tert-OH is 1. The van der Waals surface area contributed by atoms with Crippen molar-refractivity contribution < 1.29 is 14.6 Å². The monoisotopic (exact) mass is 186 g/mol. The van der Waals surface area contributed by atoms with Gasteiger partial charge < -0.3 is 14.6 Å². The molecular weight excluding hydrogens is 168 g/mol. The maximum Gasteiger partial charge on any atom is 0.163 e. The molecule has 3 heteroatoms. The standard InChI is InChI=1S/C10H18O3/c1-5-6-8-9(11)7(2)12-10(3,4)13-8/h5,7-9,11H,1,6H2,2-4H3/t7-,8-,9-/m1/s1. The van der Waals surface area contributed by atoms with Gasteiger partial charge in [0.05, 0.1) is 12.2 Å². The normalized spacial score (nSPS) is 38.6. The van der Waals surface area contributed by atoms with Crippen molar-refractivity contribution >= 4 is 0 Å². The summed E-state index contributed by atoms with van der Waals surface area (Å²) in [5, 5.41) is 9.70. The molecule has 1 aliphatic heterocycles. The zero-order valence-corrected chi connectivity index (χ0v) is 8.49.